The lowest BCUT2D eigenvalue weighted by Gasteiger charge is -2.62. The third-order valence-corrected chi connectivity index (χ3v) is 10.9. The molecule has 14 heteroatoms. The first kappa shape index (κ1) is 34.8. The maximum Gasteiger partial charge on any atom is 0.354 e. The minimum Gasteiger partial charge on any atom is -0.472 e. The van der Waals surface area contributed by atoms with Crippen molar-refractivity contribution >= 4 is 29.8 Å². The molecule has 0 aromatic rings. The number of epoxide rings is 1. The van der Waals surface area contributed by atoms with E-state index in [2.05, 4.69) is 0 Å². The third kappa shape index (κ3) is 5.61. The molecule has 3 heterocycles. The lowest BCUT2D eigenvalue weighted by Crippen LogP contribution is -2.73. The first-order valence-corrected chi connectivity index (χ1v) is 15.8. The fraction of sp³-hybridized carbons (Fsp3) is 0.727. The molecule has 12 atom stereocenters. The molecule has 0 aromatic carbocycles. The van der Waals surface area contributed by atoms with Crippen molar-refractivity contribution in [2.75, 3.05) is 13.2 Å². The van der Waals surface area contributed by atoms with Crippen LogP contribution in [0.1, 0.15) is 68.2 Å². The zero-order valence-corrected chi connectivity index (χ0v) is 27.9. The fourth-order valence-electron chi connectivity index (χ4n) is 8.27. The van der Waals surface area contributed by atoms with Crippen molar-refractivity contribution in [1.29, 1.82) is 0 Å². The minimum absolute atomic E-state index is 0.00482. The van der Waals surface area contributed by atoms with Gasteiger partial charge in [0.15, 0.2) is 6.10 Å². The number of aliphatic hydroxyl groups is 1. The van der Waals surface area contributed by atoms with Gasteiger partial charge in [0.1, 0.15) is 24.4 Å². The Labute approximate surface area is 273 Å². The van der Waals surface area contributed by atoms with Crippen LogP contribution >= 0.6 is 0 Å². The Balaban J connectivity index is 1.62. The van der Waals surface area contributed by atoms with Crippen molar-refractivity contribution < 1.29 is 67.0 Å². The fourth-order valence-corrected chi connectivity index (χ4v) is 8.27. The maximum atomic E-state index is 14.0. The van der Waals surface area contributed by atoms with Gasteiger partial charge in [0.25, 0.3) is 0 Å². The second-order valence-corrected chi connectivity index (χ2v) is 13.7. The summed E-state index contributed by atoms with van der Waals surface area (Å²) in [6.45, 7) is 10.9. The van der Waals surface area contributed by atoms with Gasteiger partial charge < -0.3 is 43.0 Å². The Bertz CT molecular complexity index is 1380. The van der Waals surface area contributed by atoms with Crippen molar-refractivity contribution in [3.63, 3.8) is 0 Å². The number of hydrogen-bond acceptors (Lipinski definition) is 14. The van der Waals surface area contributed by atoms with Gasteiger partial charge >= 0.3 is 29.8 Å². The van der Waals surface area contributed by atoms with E-state index >= 15 is 0 Å². The topological polar surface area (TPSA) is 183 Å². The Morgan fingerprint density at radius 3 is 2.28 bits per heavy atom. The standard InChI is InChI=1S/C33H44O14/c1-16-11-26(44-20(5)36)32(14-41-18(3)34)24(30(16,7)25-12-22-9-10-40-28(22)45-25)13-23(38)27(33(32)15-42-33)46-29(39)31(8,47-21(6)37)17(2)43-19(4)35/h9-11,17,22-28,38H,12-15H2,1-8H3/t17-,22-,23-,24-,25+,26+,27+,28+,30+,31-,32+,33-/m1/s1. The number of hydrogen-bond donors (Lipinski definition) is 1. The molecule has 14 nitrogen and oxygen atoms in total. The van der Waals surface area contributed by atoms with Crippen molar-refractivity contribution in [3.05, 3.63) is 24.0 Å². The van der Waals surface area contributed by atoms with Crippen molar-refractivity contribution in [3.8, 4) is 0 Å². The van der Waals surface area contributed by atoms with E-state index in [0.717, 1.165) is 19.4 Å². The van der Waals surface area contributed by atoms with Crippen LogP contribution in [-0.2, 0) is 61.9 Å². The van der Waals surface area contributed by atoms with Crippen LogP contribution in [0.3, 0.4) is 0 Å². The summed E-state index contributed by atoms with van der Waals surface area (Å²) < 4.78 is 46.6. The number of carbonyl (C=O) groups is 5. The van der Waals surface area contributed by atoms with Crippen LogP contribution in [0, 0.1) is 22.7 Å². The van der Waals surface area contributed by atoms with Crippen LogP contribution < -0.4 is 0 Å². The summed E-state index contributed by atoms with van der Waals surface area (Å²) in [5.41, 5.74) is -5.03. The third-order valence-electron chi connectivity index (χ3n) is 10.9. The Hall–Kier alpha value is -3.49. The SMILES string of the molecule is CC(=O)OC[C@@]12[C@@H](OC(C)=O)C=C(C)[C@](C)([C@@H]3C[C@H]4C=CO[C@H]4O3)[C@H]1C[C@@H](O)[C@H](OC(=O)[C@](C)(OC(C)=O)[C@@H](C)OC(C)=O)[C@]21CO1. The zero-order chi connectivity index (χ0) is 34.7. The molecule has 0 unspecified atom stereocenters. The number of ether oxygens (including phenoxy) is 8. The molecule has 2 aliphatic carbocycles. The zero-order valence-electron chi connectivity index (χ0n) is 27.9. The van der Waals surface area contributed by atoms with Crippen LogP contribution in [0.2, 0.25) is 0 Å². The van der Waals surface area contributed by atoms with Gasteiger partial charge in [0.2, 0.25) is 11.9 Å². The molecule has 0 radical (unpaired) electrons. The lowest BCUT2D eigenvalue weighted by atomic mass is 9.44. The number of rotatable bonds is 9. The van der Waals surface area contributed by atoms with E-state index in [9.17, 15) is 29.1 Å². The Morgan fingerprint density at radius 2 is 1.72 bits per heavy atom. The summed E-state index contributed by atoms with van der Waals surface area (Å²) in [4.78, 5) is 62.9. The molecular formula is C33H44O14. The van der Waals surface area contributed by atoms with Crippen LogP contribution in [0.25, 0.3) is 0 Å². The highest BCUT2D eigenvalue weighted by Crippen LogP contribution is 2.69. The Kier molecular flexibility index (Phi) is 9.04. The molecule has 3 fully saturated rings. The van der Waals surface area contributed by atoms with Gasteiger partial charge in [-0.1, -0.05) is 12.5 Å². The quantitative estimate of drug-likeness (QED) is 0.164. The van der Waals surface area contributed by atoms with Gasteiger partial charge in [-0.2, -0.15) is 0 Å². The second-order valence-electron chi connectivity index (χ2n) is 13.7. The molecule has 5 aliphatic rings. The minimum atomic E-state index is -2.11. The smallest absolute Gasteiger partial charge is 0.354 e. The molecule has 3 aliphatic heterocycles. The van der Waals surface area contributed by atoms with E-state index in [4.69, 9.17) is 37.9 Å². The lowest BCUT2D eigenvalue weighted by molar-refractivity contribution is -0.254. The highest BCUT2D eigenvalue weighted by molar-refractivity contribution is 5.84. The number of carbonyl (C=O) groups excluding carboxylic acids is 5. The highest BCUT2D eigenvalue weighted by atomic mass is 16.7. The van der Waals surface area contributed by atoms with Gasteiger partial charge in [-0.3, -0.25) is 19.2 Å². The normalized spacial score (nSPS) is 40.0. The molecule has 1 N–H and O–H groups in total. The summed E-state index contributed by atoms with van der Waals surface area (Å²) in [6.07, 6.45) is -0.0391. The van der Waals surface area contributed by atoms with E-state index in [1.807, 2.05) is 19.9 Å². The largest absolute Gasteiger partial charge is 0.472 e. The predicted molar refractivity (Wildman–Crippen MR) is 158 cm³/mol. The van der Waals surface area contributed by atoms with E-state index in [1.165, 1.54) is 27.7 Å². The molecule has 0 amide bonds. The van der Waals surface area contributed by atoms with E-state index in [-0.39, 0.29) is 25.6 Å². The maximum absolute atomic E-state index is 14.0. The monoisotopic (exact) mass is 664 g/mol. The van der Waals surface area contributed by atoms with Crippen LogP contribution in [-0.4, -0.2) is 96.2 Å². The average Bonchev–Trinajstić information content (AvgIpc) is 3.44. The van der Waals surface area contributed by atoms with Crippen molar-refractivity contribution in [1.82, 2.24) is 0 Å². The van der Waals surface area contributed by atoms with E-state index < -0.39 is 94.6 Å². The van der Waals surface area contributed by atoms with Gasteiger partial charge in [-0.05, 0) is 51.7 Å². The van der Waals surface area contributed by atoms with E-state index in [1.54, 1.807) is 12.3 Å². The molecule has 1 spiro atoms. The first-order valence-electron chi connectivity index (χ1n) is 15.8. The van der Waals surface area contributed by atoms with Gasteiger partial charge in [0.05, 0.1) is 30.5 Å². The summed E-state index contributed by atoms with van der Waals surface area (Å²) in [6, 6.07) is 0. The molecular weight excluding hydrogens is 620 g/mol. The predicted octanol–water partition coefficient (Wildman–Crippen LogP) is 2.04. The van der Waals surface area contributed by atoms with Crippen molar-refractivity contribution in [2.45, 2.75) is 116 Å². The molecule has 2 saturated heterocycles. The second kappa shape index (κ2) is 12.2. The summed E-state index contributed by atoms with van der Waals surface area (Å²) in [7, 11) is 0. The summed E-state index contributed by atoms with van der Waals surface area (Å²) in [5.74, 6) is -4.48. The highest BCUT2D eigenvalue weighted by Gasteiger charge is 2.81. The number of aliphatic hydroxyl groups excluding tert-OH is 1. The van der Waals surface area contributed by atoms with E-state index in [0.29, 0.717) is 6.42 Å². The molecule has 260 valence electrons. The van der Waals surface area contributed by atoms with Crippen LogP contribution in [0.4, 0.5) is 0 Å². The van der Waals surface area contributed by atoms with Gasteiger partial charge in [-0.15, -0.1) is 0 Å². The summed E-state index contributed by atoms with van der Waals surface area (Å²) >= 11 is 0. The number of fused-ring (bicyclic) bond motifs is 3. The molecule has 0 aromatic heterocycles. The van der Waals surface area contributed by atoms with Gasteiger partial charge in [-0.25, -0.2) is 4.79 Å². The van der Waals surface area contributed by atoms with Crippen LogP contribution in [0.5, 0.6) is 0 Å². The van der Waals surface area contributed by atoms with Crippen LogP contribution in [0.15, 0.2) is 24.0 Å². The summed E-state index contributed by atoms with van der Waals surface area (Å²) in [5, 5.41) is 11.9. The average molecular weight is 665 g/mol. The van der Waals surface area contributed by atoms with Crippen molar-refractivity contribution in [2.24, 2.45) is 22.7 Å². The van der Waals surface area contributed by atoms with Gasteiger partial charge in [0, 0.05) is 39.0 Å². The number of esters is 5. The first-order chi connectivity index (χ1) is 21.9. The molecule has 47 heavy (non-hydrogen) atoms. The molecule has 5 rings (SSSR count). The Morgan fingerprint density at radius 1 is 1.04 bits per heavy atom. The molecule has 0 bridgehead atoms. The molecule has 1 saturated carbocycles.